The molecule has 1 heterocycles. The van der Waals surface area contributed by atoms with Crippen molar-refractivity contribution >= 4 is 17.8 Å². The van der Waals surface area contributed by atoms with E-state index in [0.29, 0.717) is 19.4 Å². The summed E-state index contributed by atoms with van der Waals surface area (Å²) in [6.07, 6.45) is 1.68. The largest absolute Gasteiger partial charge is 0.493 e. The number of carbonyl (C=O) groups excluding carboxylic acids is 2. The summed E-state index contributed by atoms with van der Waals surface area (Å²) in [5.74, 6) is -0.298. The van der Waals surface area contributed by atoms with Crippen molar-refractivity contribution in [2.75, 3.05) is 20.6 Å². The van der Waals surface area contributed by atoms with Crippen LogP contribution in [-0.2, 0) is 11.2 Å². The van der Waals surface area contributed by atoms with E-state index in [9.17, 15) is 14.0 Å². The Morgan fingerprint density at radius 1 is 1.09 bits per heavy atom. The molecule has 0 unspecified atom stereocenters. The number of rotatable bonds is 2. The Balaban J connectivity index is 1.54. The van der Waals surface area contributed by atoms with Gasteiger partial charge in [0.2, 0.25) is 0 Å². The molecule has 1 aliphatic heterocycles. The number of benzene rings is 2. The van der Waals surface area contributed by atoms with E-state index in [1.54, 1.807) is 35.7 Å². The standard InChI is InChI=1S/C27H33FN3O3/c1-27(2,3)34-26(33)30(5)22-16-21(17-22)29(4)25(32)31-15-14-18-8-6-7-9-23(18)24(31)19-10-12-20(28)13-11-19/h6-13,22,24H,14-17H2,1-5H3/q+1/t22?,24-/m0/s1. The van der Waals surface area contributed by atoms with Gasteiger partial charge in [0.05, 0.1) is 19.3 Å². The molecule has 0 aromatic heterocycles. The zero-order valence-electron chi connectivity index (χ0n) is 20.5. The van der Waals surface area contributed by atoms with Crippen LogP contribution in [0.15, 0.2) is 48.5 Å². The number of ether oxygens (including phenoxy) is 1. The number of hydrogen-bond acceptors (Lipinski definition) is 3. The van der Waals surface area contributed by atoms with Crippen LogP contribution >= 0.6 is 0 Å². The van der Waals surface area contributed by atoms with Gasteiger partial charge in [-0.1, -0.05) is 36.4 Å². The lowest BCUT2D eigenvalue weighted by Crippen LogP contribution is -2.52. The molecule has 1 aliphatic carbocycles. The van der Waals surface area contributed by atoms with E-state index < -0.39 is 5.60 Å². The van der Waals surface area contributed by atoms with E-state index in [1.165, 1.54) is 17.7 Å². The molecule has 1 fully saturated rings. The van der Waals surface area contributed by atoms with Crippen molar-refractivity contribution < 1.29 is 23.3 Å². The average Bonchev–Trinajstić information content (AvgIpc) is 2.76. The predicted octanol–water partition coefficient (Wildman–Crippen LogP) is 5.01. The minimum absolute atomic E-state index is 0.00933. The van der Waals surface area contributed by atoms with Crippen molar-refractivity contribution in [3.63, 3.8) is 0 Å². The molecule has 2 aromatic rings. The second-order valence-corrected chi connectivity index (χ2v) is 10.2. The molecule has 1 saturated carbocycles. The lowest BCUT2D eigenvalue weighted by atomic mass is 9.87. The van der Waals surface area contributed by atoms with E-state index in [4.69, 9.17) is 4.74 Å². The van der Waals surface area contributed by atoms with Crippen LogP contribution in [0.5, 0.6) is 0 Å². The fourth-order valence-corrected chi connectivity index (χ4v) is 4.62. The van der Waals surface area contributed by atoms with Gasteiger partial charge < -0.3 is 9.64 Å². The maximum absolute atomic E-state index is 13.6. The van der Waals surface area contributed by atoms with Gasteiger partial charge in [-0.15, -0.1) is 0 Å². The van der Waals surface area contributed by atoms with Crippen LogP contribution in [0.4, 0.5) is 14.0 Å². The third-order valence-corrected chi connectivity index (χ3v) is 6.65. The highest BCUT2D eigenvalue weighted by Crippen LogP contribution is 2.36. The predicted molar refractivity (Wildman–Crippen MR) is 129 cm³/mol. The molecule has 0 radical (unpaired) electrons. The van der Waals surface area contributed by atoms with Crippen LogP contribution in [-0.4, -0.2) is 64.5 Å². The summed E-state index contributed by atoms with van der Waals surface area (Å²) in [5, 5.41) is 0. The SMILES string of the molecule is CN(C(=O)OC(C)(C)C)C1CC(=[N+](C)C(=O)N2CCc3ccccc3[C@@H]2c2ccc(F)cc2)C1. The van der Waals surface area contributed by atoms with Gasteiger partial charge in [-0.25, -0.2) is 18.7 Å². The molecule has 7 heteroatoms. The molecule has 1 atom stereocenters. The van der Waals surface area contributed by atoms with E-state index in [-0.39, 0.29) is 30.0 Å². The second kappa shape index (κ2) is 9.20. The van der Waals surface area contributed by atoms with Crippen molar-refractivity contribution in [1.82, 2.24) is 9.80 Å². The van der Waals surface area contributed by atoms with E-state index in [1.807, 2.05) is 43.9 Å². The summed E-state index contributed by atoms with van der Waals surface area (Å²) in [5.41, 5.74) is 3.61. The lowest BCUT2D eigenvalue weighted by molar-refractivity contribution is -0.410. The van der Waals surface area contributed by atoms with Gasteiger partial charge in [-0.05, 0) is 38.5 Å². The summed E-state index contributed by atoms with van der Waals surface area (Å²) in [6, 6.07) is 14.2. The lowest BCUT2D eigenvalue weighted by Gasteiger charge is -2.37. The van der Waals surface area contributed by atoms with Crippen LogP contribution in [0, 0.1) is 5.82 Å². The highest BCUT2D eigenvalue weighted by Gasteiger charge is 2.42. The molecular weight excluding hydrogens is 433 g/mol. The Labute approximate surface area is 200 Å². The van der Waals surface area contributed by atoms with Gasteiger partial charge in [0.25, 0.3) is 0 Å². The van der Waals surface area contributed by atoms with Crippen molar-refractivity contribution in [2.24, 2.45) is 0 Å². The number of fused-ring (bicyclic) bond motifs is 1. The third-order valence-electron chi connectivity index (χ3n) is 6.65. The summed E-state index contributed by atoms with van der Waals surface area (Å²) in [7, 11) is 3.53. The van der Waals surface area contributed by atoms with E-state index in [2.05, 4.69) is 6.07 Å². The quantitative estimate of drug-likeness (QED) is 0.585. The van der Waals surface area contributed by atoms with Gasteiger partial charge in [0.1, 0.15) is 11.4 Å². The van der Waals surface area contributed by atoms with Crippen molar-refractivity contribution in [3.8, 4) is 0 Å². The van der Waals surface area contributed by atoms with Crippen molar-refractivity contribution in [2.45, 2.75) is 57.7 Å². The molecule has 4 rings (SSSR count). The first-order chi connectivity index (χ1) is 16.0. The maximum atomic E-state index is 13.6. The number of carbonyl (C=O) groups is 2. The zero-order chi connectivity index (χ0) is 24.6. The molecule has 2 aromatic carbocycles. The normalized spacial score (nSPS) is 19.7. The zero-order valence-corrected chi connectivity index (χ0v) is 20.5. The Hall–Kier alpha value is -3.22. The van der Waals surface area contributed by atoms with Gasteiger partial charge in [0, 0.05) is 43.5 Å². The molecule has 0 N–H and O–H groups in total. The number of urea groups is 1. The summed E-state index contributed by atoms with van der Waals surface area (Å²) in [6.45, 7) is 6.12. The van der Waals surface area contributed by atoms with Crippen LogP contribution in [0.3, 0.4) is 0 Å². The van der Waals surface area contributed by atoms with Crippen molar-refractivity contribution in [3.05, 3.63) is 71.0 Å². The minimum Gasteiger partial charge on any atom is -0.444 e. The summed E-state index contributed by atoms with van der Waals surface area (Å²) >= 11 is 0. The Morgan fingerprint density at radius 2 is 1.74 bits per heavy atom. The van der Waals surface area contributed by atoms with Gasteiger partial charge >= 0.3 is 12.1 Å². The number of amides is 3. The highest BCUT2D eigenvalue weighted by atomic mass is 19.1. The molecule has 0 spiro atoms. The topological polar surface area (TPSA) is 52.9 Å². The third kappa shape index (κ3) is 4.83. The summed E-state index contributed by atoms with van der Waals surface area (Å²) < 4.78 is 20.8. The van der Waals surface area contributed by atoms with Crippen LogP contribution < -0.4 is 0 Å². The molecule has 180 valence electrons. The van der Waals surface area contributed by atoms with Gasteiger partial charge in [-0.2, -0.15) is 4.79 Å². The van der Waals surface area contributed by atoms with Crippen LogP contribution in [0.25, 0.3) is 0 Å². The second-order valence-electron chi connectivity index (χ2n) is 10.2. The first-order valence-electron chi connectivity index (χ1n) is 11.7. The number of halogens is 1. The monoisotopic (exact) mass is 466 g/mol. The minimum atomic E-state index is -0.547. The van der Waals surface area contributed by atoms with Crippen molar-refractivity contribution in [1.29, 1.82) is 0 Å². The maximum Gasteiger partial charge on any atom is 0.493 e. The molecule has 34 heavy (non-hydrogen) atoms. The first-order valence-corrected chi connectivity index (χ1v) is 11.7. The number of hydrogen-bond donors (Lipinski definition) is 0. The highest BCUT2D eigenvalue weighted by molar-refractivity contribution is 5.91. The fraction of sp³-hybridized carbons (Fsp3) is 0.444. The Bertz CT molecular complexity index is 1110. The summed E-state index contributed by atoms with van der Waals surface area (Å²) in [4.78, 5) is 29.5. The molecule has 0 saturated heterocycles. The number of nitrogens with zero attached hydrogens (tertiary/aromatic N) is 3. The average molecular weight is 467 g/mol. The molecule has 0 bridgehead atoms. The molecule has 3 amide bonds. The molecular formula is C27H33FN3O3+. The van der Waals surface area contributed by atoms with Gasteiger partial charge in [0.15, 0.2) is 6.04 Å². The van der Waals surface area contributed by atoms with Crippen LogP contribution in [0.1, 0.15) is 56.3 Å². The van der Waals surface area contributed by atoms with Crippen LogP contribution in [0.2, 0.25) is 0 Å². The molecule has 2 aliphatic rings. The Morgan fingerprint density at radius 3 is 2.38 bits per heavy atom. The van der Waals surface area contributed by atoms with Gasteiger partial charge in [-0.3, -0.25) is 0 Å². The van der Waals surface area contributed by atoms with E-state index in [0.717, 1.165) is 23.3 Å². The van der Waals surface area contributed by atoms with E-state index >= 15 is 0 Å². The Kier molecular flexibility index (Phi) is 6.47. The first kappa shape index (κ1) is 23.9. The molecule has 6 nitrogen and oxygen atoms in total. The smallest absolute Gasteiger partial charge is 0.444 e. The fourth-order valence-electron chi connectivity index (χ4n) is 4.62.